The summed E-state index contributed by atoms with van der Waals surface area (Å²) >= 11 is 0. The minimum absolute atomic E-state index is 0.00187. The van der Waals surface area contributed by atoms with Gasteiger partial charge in [-0.15, -0.1) is 0 Å². The number of allylic oxidation sites excluding steroid dienone is 11. The molecular weight excluding hydrogens is 244 g/mol. The molecule has 0 aromatic carbocycles. The molecule has 108 valence electrons. The summed E-state index contributed by atoms with van der Waals surface area (Å²) in [5.41, 5.74) is 0. The normalized spacial score (nSPS) is 12.7. The van der Waals surface area contributed by atoms with E-state index in [1.165, 1.54) is 25.7 Å². The number of ketones is 1. The number of unbranched alkanes of at least 4 members (excludes halogenated alkanes) is 4. The van der Waals surface area contributed by atoms with E-state index in [9.17, 15) is 4.79 Å². The molecule has 0 unspecified atom stereocenters. The second-order valence-corrected chi connectivity index (χ2v) is 4.40. The summed E-state index contributed by atoms with van der Waals surface area (Å²) in [6.07, 6.45) is 26.0. The zero-order valence-corrected chi connectivity index (χ0v) is 12.5. The Morgan fingerprint density at radius 3 is 2.20 bits per heavy atom. The van der Waals surface area contributed by atoms with Gasteiger partial charge in [-0.2, -0.15) is 0 Å². The minimum atomic E-state index is -0.00187. The molecule has 0 bridgehead atoms. The summed E-state index contributed by atoms with van der Waals surface area (Å²) in [6.45, 7) is 5.78. The molecule has 1 heteroatoms. The summed E-state index contributed by atoms with van der Waals surface area (Å²) in [5.74, 6) is -0.00187. The Kier molecular flexibility index (Phi) is 13.7. The van der Waals surface area contributed by atoms with Crippen molar-refractivity contribution in [2.24, 2.45) is 0 Å². The van der Waals surface area contributed by atoms with E-state index in [0.29, 0.717) is 0 Å². The van der Waals surface area contributed by atoms with Gasteiger partial charge in [0, 0.05) is 0 Å². The van der Waals surface area contributed by atoms with Crippen LogP contribution >= 0.6 is 0 Å². The highest BCUT2D eigenvalue weighted by Gasteiger charge is 1.85. The molecule has 0 aromatic heterocycles. The fourth-order valence-corrected chi connectivity index (χ4v) is 1.49. The maximum absolute atomic E-state index is 11.4. The molecule has 0 amide bonds. The lowest BCUT2D eigenvalue weighted by Crippen LogP contribution is -1.82. The second-order valence-electron chi connectivity index (χ2n) is 4.40. The van der Waals surface area contributed by atoms with Crippen LogP contribution in [-0.4, -0.2) is 5.78 Å². The van der Waals surface area contributed by atoms with E-state index in [2.05, 4.69) is 19.6 Å². The topological polar surface area (TPSA) is 17.1 Å². The lowest BCUT2D eigenvalue weighted by atomic mass is 10.1. The van der Waals surface area contributed by atoms with E-state index in [1.807, 2.05) is 30.4 Å². The average Bonchev–Trinajstić information content (AvgIpc) is 2.45. The molecule has 0 spiro atoms. The van der Waals surface area contributed by atoms with Crippen LogP contribution in [0.15, 0.2) is 73.4 Å². The van der Waals surface area contributed by atoms with Crippen LogP contribution in [0.2, 0.25) is 0 Å². The summed E-state index contributed by atoms with van der Waals surface area (Å²) in [4.78, 5) is 11.4. The van der Waals surface area contributed by atoms with Crippen molar-refractivity contribution in [3.05, 3.63) is 73.4 Å². The average molecular weight is 270 g/mol. The van der Waals surface area contributed by atoms with Crippen LogP contribution in [0.25, 0.3) is 0 Å². The van der Waals surface area contributed by atoms with Crippen molar-refractivity contribution < 1.29 is 4.79 Å². The van der Waals surface area contributed by atoms with Crippen molar-refractivity contribution >= 4 is 5.78 Å². The summed E-state index contributed by atoms with van der Waals surface area (Å²) in [5, 5.41) is 0. The van der Waals surface area contributed by atoms with Gasteiger partial charge in [-0.1, -0.05) is 87.4 Å². The van der Waals surface area contributed by atoms with Gasteiger partial charge in [0.1, 0.15) is 0 Å². The van der Waals surface area contributed by atoms with Gasteiger partial charge in [0.25, 0.3) is 0 Å². The number of rotatable bonds is 11. The minimum Gasteiger partial charge on any atom is -0.290 e. The third-order valence-electron chi connectivity index (χ3n) is 2.57. The largest absolute Gasteiger partial charge is 0.290 e. The lowest BCUT2D eigenvalue weighted by molar-refractivity contribution is -0.110. The molecule has 0 aromatic rings. The van der Waals surface area contributed by atoms with E-state index in [0.717, 1.165) is 6.42 Å². The van der Waals surface area contributed by atoms with Crippen LogP contribution in [0.5, 0.6) is 0 Å². The van der Waals surface area contributed by atoms with Gasteiger partial charge >= 0.3 is 0 Å². The van der Waals surface area contributed by atoms with Crippen molar-refractivity contribution in [1.82, 2.24) is 0 Å². The van der Waals surface area contributed by atoms with Gasteiger partial charge in [-0.25, -0.2) is 0 Å². The van der Waals surface area contributed by atoms with Crippen molar-refractivity contribution in [3.63, 3.8) is 0 Å². The van der Waals surface area contributed by atoms with Crippen LogP contribution in [-0.2, 0) is 4.79 Å². The zero-order valence-electron chi connectivity index (χ0n) is 12.5. The van der Waals surface area contributed by atoms with Gasteiger partial charge in [0.2, 0.25) is 0 Å². The van der Waals surface area contributed by atoms with Gasteiger partial charge in [0.05, 0.1) is 0 Å². The highest BCUT2D eigenvalue weighted by atomic mass is 16.1. The predicted molar refractivity (Wildman–Crippen MR) is 89.7 cm³/mol. The first-order chi connectivity index (χ1) is 9.81. The van der Waals surface area contributed by atoms with Gasteiger partial charge < -0.3 is 0 Å². The number of hydrogen-bond acceptors (Lipinski definition) is 1. The Balaban J connectivity index is 3.79. The molecule has 0 rings (SSSR count). The van der Waals surface area contributed by atoms with Crippen LogP contribution < -0.4 is 0 Å². The van der Waals surface area contributed by atoms with Gasteiger partial charge in [-0.05, 0) is 25.0 Å². The molecule has 0 heterocycles. The Morgan fingerprint density at radius 2 is 1.50 bits per heavy atom. The first-order valence-electron chi connectivity index (χ1n) is 7.31. The molecule has 0 fully saturated rings. The Bertz CT molecular complexity index is 392. The molecule has 0 aliphatic rings. The third-order valence-corrected chi connectivity index (χ3v) is 2.57. The quantitative estimate of drug-likeness (QED) is 0.275. The summed E-state index contributed by atoms with van der Waals surface area (Å²) in [6, 6.07) is 0. The zero-order chi connectivity index (χ0) is 14.9. The predicted octanol–water partition coefficient (Wildman–Crippen LogP) is 5.49. The maximum atomic E-state index is 11.4. The molecule has 1 nitrogen and oxygen atoms in total. The molecule has 0 atom stereocenters. The van der Waals surface area contributed by atoms with Crippen molar-refractivity contribution in [2.45, 2.75) is 39.0 Å². The first kappa shape index (κ1) is 18.1. The monoisotopic (exact) mass is 270 g/mol. The van der Waals surface area contributed by atoms with Gasteiger partial charge in [-0.3, -0.25) is 4.79 Å². The van der Waals surface area contributed by atoms with E-state index in [-0.39, 0.29) is 5.78 Å². The molecule has 0 N–H and O–H groups in total. The fourth-order valence-electron chi connectivity index (χ4n) is 1.49. The van der Waals surface area contributed by atoms with Crippen LogP contribution in [0.4, 0.5) is 0 Å². The van der Waals surface area contributed by atoms with Crippen LogP contribution in [0.3, 0.4) is 0 Å². The fraction of sp³-hybridized carbons (Fsp3) is 0.316. The second kappa shape index (κ2) is 15.2. The number of carbonyl (C=O) groups is 1. The molecule has 0 saturated heterocycles. The Morgan fingerprint density at radius 1 is 0.850 bits per heavy atom. The Hall–Kier alpha value is -1.89. The lowest BCUT2D eigenvalue weighted by Gasteiger charge is -1.92. The molecule has 0 radical (unpaired) electrons. The van der Waals surface area contributed by atoms with Crippen molar-refractivity contribution in [3.8, 4) is 0 Å². The van der Waals surface area contributed by atoms with E-state index >= 15 is 0 Å². The van der Waals surface area contributed by atoms with Crippen molar-refractivity contribution in [1.29, 1.82) is 0 Å². The molecular formula is C19H26O. The number of carbonyl (C=O) groups excluding carboxylic acids is 1. The van der Waals surface area contributed by atoms with Crippen molar-refractivity contribution in [2.75, 3.05) is 0 Å². The van der Waals surface area contributed by atoms with Crippen LogP contribution in [0, 0.1) is 0 Å². The molecule has 0 aliphatic carbocycles. The van der Waals surface area contributed by atoms with E-state index < -0.39 is 0 Å². The smallest absolute Gasteiger partial charge is 0.178 e. The number of hydrogen-bond donors (Lipinski definition) is 0. The highest BCUT2D eigenvalue weighted by molar-refractivity contribution is 5.99. The Labute approximate surface area is 123 Å². The molecule has 20 heavy (non-hydrogen) atoms. The summed E-state index contributed by atoms with van der Waals surface area (Å²) in [7, 11) is 0. The third kappa shape index (κ3) is 14.2. The summed E-state index contributed by atoms with van der Waals surface area (Å²) < 4.78 is 0. The van der Waals surface area contributed by atoms with E-state index in [1.54, 1.807) is 30.4 Å². The maximum Gasteiger partial charge on any atom is 0.178 e. The van der Waals surface area contributed by atoms with Crippen LogP contribution in [0.1, 0.15) is 39.0 Å². The molecule has 0 aliphatic heterocycles. The highest BCUT2D eigenvalue weighted by Crippen LogP contribution is 2.02. The standard InChI is InChI=1S/C19H26O/c1-3-5-7-9-11-12-14-16-18-19(20)17-15-13-10-8-6-4-2/h4,6,8,10,12-18H,2-3,5,7,9,11H2,1H3. The SMILES string of the molecule is C=CC=CC=CC=CC(=O)C=CC=CCCCCCC. The van der Waals surface area contributed by atoms with E-state index in [4.69, 9.17) is 0 Å². The first-order valence-corrected chi connectivity index (χ1v) is 7.31. The van der Waals surface area contributed by atoms with Gasteiger partial charge in [0.15, 0.2) is 5.78 Å². The molecule has 0 saturated carbocycles.